The lowest BCUT2D eigenvalue weighted by molar-refractivity contribution is 0.0630. The van der Waals surface area contributed by atoms with E-state index in [-0.39, 0.29) is 23.1 Å². The predicted octanol–water partition coefficient (Wildman–Crippen LogP) is 1.12. The summed E-state index contributed by atoms with van der Waals surface area (Å²) in [6.07, 6.45) is 6.30. The molecular formula is C17H21N5O3S. The fraction of sp³-hybridized carbons (Fsp3) is 0.529. The number of thiazole rings is 1. The van der Waals surface area contributed by atoms with Crippen LogP contribution in [-0.4, -0.2) is 75.3 Å². The van der Waals surface area contributed by atoms with E-state index < -0.39 is 0 Å². The van der Waals surface area contributed by atoms with Crippen molar-refractivity contribution in [3.63, 3.8) is 0 Å². The maximum Gasteiger partial charge on any atom is 0.320 e. The van der Waals surface area contributed by atoms with Gasteiger partial charge in [0.1, 0.15) is 5.56 Å². The van der Waals surface area contributed by atoms with Crippen molar-refractivity contribution in [2.75, 3.05) is 39.3 Å². The number of nitrogens with zero attached hydrogens (tertiary/aromatic N) is 5. The van der Waals surface area contributed by atoms with E-state index in [0.29, 0.717) is 31.1 Å². The molecule has 3 amide bonds. The van der Waals surface area contributed by atoms with Gasteiger partial charge < -0.3 is 14.7 Å². The van der Waals surface area contributed by atoms with Crippen LogP contribution in [0, 0.1) is 0 Å². The van der Waals surface area contributed by atoms with Crippen LogP contribution in [-0.2, 0) is 0 Å². The molecule has 2 aromatic rings. The Morgan fingerprint density at radius 2 is 1.58 bits per heavy atom. The van der Waals surface area contributed by atoms with Crippen LogP contribution in [0.15, 0.2) is 22.6 Å². The number of hydrogen-bond acceptors (Lipinski definition) is 5. The lowest BCUT2D eigenvalue weighted by Crippen LogP contribution is -2.55. The number of amides is 3. The fourth-order valence-corrected chi connectivity index (χ4v) is 4.20. The number of aromatic nitrogens is 2. The van der Waals surface area contributed by atoms with Crippen molar-refractivity contribution >= 4 is 28.2 Å². The van der Waals surface area contributed by atoms with Gasteiger partial charge in [-0.1, -0.05) is 0 Å². The van der Waals surface area contributed by atoms with Gasteiger partial charge in [0, 0.05) is 57.0 Å². The molecule has 0 radical (unpaired) electrons. The molecule has 2 aliphatic heterocycles. The molecule has 0 atom stereocenters. The highest BCUT2D eigenvalue weighted by Gasteiger charge is 2.29. The van der Waals surface area contributed by atoms with Crippen LogP contribution in [0.4, 0.5) is 4.79 Å². The zero-order valence-corrected chi connectivity index (χ0v) is 15.3. The molecule has 4 rings (SSSR count). The Kier molecular flexibility index (Phi) is 4.62. The van der Waals surface area contributed by atoms with Gasteiger partial charge >= 0.3 is 6.03 Å². The topological polar surface area (TPSA) is 78.2 Å². The second kappa shape index (κ2) is 7.06. The second-order valence-corrected chi connectivity index (χ2v) is 7.52. The molecule has 26 heavy (non-hydrogen) atoms. The summed E-state index contributed by atoms with van der Waals surface area (Å²) < 4.78 is 1.40. The monoisotopic (exact) mass is 375 g/mol. The number of urea groups is 1. The van der Waals surface area contributed by atoms with Crippen molar-refractivity contribution in [3.05, 3.63) is 33.7 Å². The number of hydrogen-bond donors (Lipinski definition) is 0. The molecule has 8 nitrogen and oxygen atoms in total. The minimum atomic E-state index is -0.340. The molecule has 0 aliphatic carbocycles. The summed E-state index contributed by atoms with van der Waals surface area (Å²) in [6, 6.07) is 0.0678. The fourth-order valence-electron chi connectivity index (χ4n) is 3.53. The van der Waals surface area contributed by atoms with E-state index in [0.717, 1.165) is 25.9 Å². The average molecular weight is 375 g/mol. The zero-order valence-electron chi connectivity index (χ0n) is 14.5. The van der Waals surface area contributed by atoms with E-state index in [4.69, 9.17) is 0 Å². The van der Waals surface area contributed by atoms with Crippen molar-refractivity contribution in [1.29, 1.82) is 0 Å². The molecule has 0 spiro atoms. The van der Waals surface area contributed by atoms with E-state index in [1.807, 2.05) is 9.80 Å². The van der Waals surface area contributed by atoms with Gasteiger partial charge in [0.05, 0.1) is 0 Å². The van der Waals surface area contributed by atoms with Gasteiger partial charge in [-0.05, 0) is 19.3 Å². The summed E-state index contributed by atoms with van der Waals surface area (Å²) in [4.78, 5) is 47.9. The quantitative estimate of drug-likeness (QED) is 0.748. The molecule has 0 N–H and O–H groups in total. The van der Waals surface area contributed by atoms with E-state index in [1.165, 1.54) is 28.4 Å². The van der Waals surface area contributed by atoms with Gasteiger partial charge in [0.2, 0.25) is 0 Å². The summed E-state index contributed by atoms with van der Waals surface area (Å²) in [5.41, 5.74) is -0.259. The van der Waals surface area contributed by atoms with Crippen LogP contribution >= 0.6 is 11.3 Å². The SMILES string of the molecule is O=C(c1cnc2sccn2c1=O)N1CCN(C(=O)N2CCCCC2)CC1. The minimum absolute atomic E-state index is 0.0678. The standard InChI is InChI=1S/C17H21N5O3S/c23-14(13-12-18-16-22(15(13)24)10-11-26-16)19-6-8-21(9-7-19)17(25)20-4-2-1-3-5-20/h10-12H,1-9H2. The van der Waals surface area contributed by atoms with E-state index in [1.54, 1.807) is 16.5 Å². The maximum absolute atomic E-state index is 12.7. The molecule has 0 saturated carbocycles. The normalized spacial score (nSPS) is 18.4. The Morgan fingerprint density at radius 1 is 0.923 bits per heavy atom. The van der Waals surface area contributed by atoms with Crippen molar-refractivity contribution in [3.8, 4) is 0 Å². The van der Waals surface area contributed by atoms with Gasteiger partial charge in [-0.2, -0.15) is 0 Å². The Morgan fingerprint density at radius 3 is 2.31 bits per heavy atom. The molecule has 2 fully saturated rings. The maximum atomic E-state index is 12.7. The highest BCUT2D eigenvalue weighted by molar-refractivity contribution is 7.15. The van der Waals surface area contributed by atoms with Gasteiger partial charge in [-0.3, -0.25) is 14.0 Å². The molecule has 0 unspecified atom stereocenters. The zero-order chi connectivity index (χ0) is 18.1. The van der Waals surface area contributed by atoms with Crippen LogP contribution in [0.25, 0.3) is 4.96 Å². The Balaban J connectivity index is 1.42. The minimum Gasteiger partial charge on any atom is -0.335 e. The number of piperidine rings is 1. The molecule has 138 valence electrons. The van der Waals surface area contributed by atoms with Crippen LogP contribution in [0.2, 0.25) is 0 Å². The van der Waals surface area contributed by atoms with E-state index in [9.17, 15) is 14.4 Å². The molecule has 2 saturated heterocycles. The number of piperazine rings is 1. The lowest BCUT2D eigenvalue weighted by atomic mass is 10.1. The number of carbonyl (C=O) groups excluding carboxylic acids is 2. The largest absolute Gasteiger partial charge is 0.335 e. The van der Waals surface area contributed by atoms with E-state index in [2.05, 4.69) is 4.98 Å². The molecule has 2 aromatic heterocycles. The van der Waals surface area contributed by atoms with Gasteiger partial charge in [-0.25, -0.2) is 9.78 Å². The first-order valence-corrected chi connectivity index (χ1v) is 9.81. The summed E-state index contributed by atoms with van der Waals surface area (Å²) in [5, 5.41) is 1.77. The van der Waals surface area contributed by atoms with Crippen LogP contribution < -0.4 is 5.56 Å². The van der Waals surface area contributed by atoms with Crippen molar-refractivity contribution in [2.45, 2.75) is 19.3 Å². The molecule has 2 aliphatic rings. The number of fused-ring (bicyclic) bond motifs is 1. The van der Waals surface area contributed by atoms with Crippen LogP contribution in [0.3, 0.4) is 0 Å². The Labute approximate surface area is 154 Å². The number of likely N-dealkylation sites (tertiary alicyclic amines) is 1. The third-order valence-electron chi connectivity index (χ3n) is 5.04. The predicted molar refractivity (Wildman–Crippen MR) is 97.6 cm³/mol. The second-order valence-electron chi connectivity index (χ2n) is 6.64. The first-order chi connectivity index (χ1) is 12.6. The first kappa shape index (κ1) is 17.0. The third kappa shape index (κ3) is 3.07. The van der Waals surface area contributed by atoms with Crippen molar-refractivity contribution < 1.29 is 9.59 Å². The molecule has 0 aromatic carbocycles. The lowest BCUT2D eigenvalue weighted by Gasteiger charge is -2.38. The number of rotatable bonds is 1. The summed E-state index contributed by atoms with van der Waals surface area (Å²) in [5.74, 6) is -0.312. The summed E-state index contributed by atoms with van der Waals surface area (Å²) in [7, 11) is 0. The van der Waals surface area contributed by atoms with E-state index >= 15 is 0 Å². The number of carbonyl (C=O) groups is 2. The molecule has 9 heteroatoms. The third-order valence-corrected chi connectivity index (χ3v) is 5.81. The summed E-state index contributed by atoms with van der Waals surface area (Å²) >= 11 is 1.35. The molecule has 0 bridgehead atoms. The van der Waals surface area contributed by atoms with Crippen LogP contribution in [0.1, 0.15) is 29.6 Å². The smallest absolute Gasteiger partial charge is 0.320 e. The van der Waals surface area contributed by atoms with Crippen LogP contribution in [0.5, 0.6) is 0 Å². The van der Waals surface area contributed by atoms with Gasteiger partial charge in [0.25, 0.3) is 11.5 Å². The Hall–Kier alpha value is -2.42. The Bertz CT molecular complexity index is 878. The molecular weight excluding hydrogens is 354 g/mol. The highest BCUT2D eigenvalue weighted by atomic mass is 32.1. The molecule has 4 heterocycles. The first-order valence-electron chi connectivity index (χ1n) is 8.93. The van der Waals surface area contributed by atoms with Crippen molar-refractivity contribution in [1.82, 2.24) is 24.1 Å². The average Bonchev–Trinajstić information content (AvgIpc) is 3.18. The highest BCUT2D eigenvalue weighted by Crippen LogP contribution is 2.14. The van der Waals surface area contributed by atoms with Crippen molar-refractivity contribution in [2.24, 2.45) is 0 Å². The van der Waals surface area contributed by atoms with Gasteiger partial charge in [-0.15, -0.1) is 11.3 Å². The van der Waals surface area contributed by atoms with Gasteiger partial charge in [0.15, 0.2) is 4.96 Å². The summed E-state index contributed by atoms with van der Waals surface area (Å²) in [6.45, 7) is 3.50.